The lowest BCUT2D eigenvalue weighted by Gasteiger charge is -2.28. The summed E-state index contributed by atoms with van der Waals surface area (Å²) in [6, 6.07) is -2.20. The summed E-state index contributed by atoms with van der Waals surface area (Å²) in [5.41, 5.74) is 0.599. The third-order valence-electron chi connectivity index (χ3n) is 4.14. The van der Waals surface area contributed by atoms with Crippen molar-refractivity contribution < 1.29 is 32.8 Å². The van der Waals surface area contributed by atoms with E-state index in [1.54, 1.807) is 13.0 Å². The summed E-state index contributed by atoms with van der Waals surface area (Å²) in [7, 11) is 0. The number of hydrogen-bond acceptors (Lipinski definition) is 7. The van der Waals surface area contributed by atoms with Crippen LogP contribution in [0.5, 0.6) is 0 Å². The minimum absolute atomic E-state index is 0.0160. The summed E-state index contributed by atoms with van der Waals surface area (Å²) in [6.45, 7) is 3.39. The molecule has 1 aromatic heterocycles. The number of hydroxylamine groups is 2. The zero-order valence-electron chi connectivity index (χ0n) is 14.8. The standard InChI is InChI=1S/C16H19FN4O6/c1-3-25-15(23)13(17)27-21-10-6-9(2)12(20(8-10)16(21)24)14(22)19-7-11-18-4-5-26-11/h4-6,10,12-13H,3,7-8H2,1-2H3,(H,19,22)/t10-,12-,13+/m0/s1. The first-order chi connectivity index (χ1) is 12.9. The molecular weight excluding hydrogens is 363 g/mol. The normalized spacial score (nSPS) is 22.5. The molecule has 2 bridgehead atoms. The molecule has 146 valence electrons. The molecule has 3 atom stereocenters. The number of alkyl halides is 1. The first kappa shape index (κ1) is 18.8. The highest BCUT2D eigenvalue weighted by Crippen LogP contribution is 2.30. The molecule has 1 saturated heterocycles. The number of nitrogens with one attached hydrogen (secondary N) is 1. The maximum absolute atomic E-state index is 13.9. The molecule has 0 saturated carbocycles. The van der Waals surface area contributed by atoms with Crippen LogP contribution in [0.3, 0.4) is 0 Å². The van der Waals surface area contributed by atoms with E-state index < -0.39 is 36.3 Å². The molecule has 2 aliphatic heterocycles. The van der Waals surface area contributed by atoms with Gasteiger partial charge in [-0.2, -0.15) is 5.06 Å². The summed E-state index contributed by atoms with van der Waals surface area (Å²) < 4.78 is 23.4. The molecule has 0 aromatic carbocycles. The Balaban J connectivity index is 1.67. The lowest BCUT2D eigenvalue weighted by Crippen LogP contribution is -2.50. The van der Waals surface area contributed by atoms with Crippen molar-refractivity contribution in [2.75, 3.05) is 13.2 Å². The molecule has 2 aliphatic rings. The quantitative estimate of drug-likeness (QED) is 0.540. The second-order valence-corrected chi connectivity index (χ2v) is 5.96. The van der Waals surface area contributed by atoms with E-state index in [0.717, 1.165) is 5.06 Å². The summed E-state index contributed by atoms with van der Waals surface area (Å²) in [5, 5.41) is 3.40. The fraction of sp³-hybridized carbons (Fsp3) is 0.500. The van der Waals surface area contributed by atoms with E-state index in [0.29, 0.717) is 11.5 Å². The van der Waals surface area contributed by atoms with Crippen molar-refractivity contribution in [3.63, 3.8) is 0 Å². The number of carbonyl (C=O) groups is 3. The van der Waals surface area contributed by atoms with Gasteiger partial charge in [-0.05, 0) is 19.4 Å². The first-order valence-corrected chi connectivity index (χ1v) is 8.34. The van der Waals surface area contributed by atoms with Gasteiger partial charge in [-0.15, -0.1) is 0 Å². The van der Waals surface area contributed by atoms with Gasteiger partial charge < -0.3 is 19.4 Å². The Morgan fingerprint density at radius 1 is 1.52 bits per heavy atom. The maximum atomic E-state index is 13.9. The molecule has 27 heavy (non-hydrogen) atoms. The number of hydrogen-bond donors (Lipinski definition) is 1. The van der Waals surface area contributed by atoms with Gasteiger partial charge in [0.05, 0.1) is 31.9 Å². The zero-order chi connectivity index (χ0) is 19.6. The first-order valence-electron chi connectivity index (χ1n) is 8.34. The fourth-order valence-corrected chi connectivity index (χ4v) is 3.02. The Kier molecular flexibility index (Phi) is 5.40. The molecule has 3 rings (SSSR count). The lowest BCUT2D eigenvalue weighted by atomic mass is 10.00. The smallest absolute Gasteiger partial charge is 0.370 e. The second-order valence-electron chi connectivity index (χ2n) is 5.96. The van der Waals surface area contributed by atoms with Crippen LogP contribution < -0.4 is 5.32 Å². The molecule has 10 nitrogen and oxygen atoms in total. The van der Waals surface area contributed by atoms with Crippen LogP contribution in [-0.2, 0) is 25.7 Å². The van der Waals surface area contributed by atoms with Crippen molar-refractivity contribution in [3.05, 3.63) is 30.0 Å². The number of amides is 3. The van der Waals surface area contributed by atoms with Crippen molar-refractivity contribution in [2.45, 2.75) is 38.8 Å². The molecule has 1 N–H and O–H groups in total. The average Bonchev–Trinajstić information content (AvgIpc) is 3.23. The van der Waals surface area contributed by atoms with Gasteiger partial charge in [0, 0.05) is 0 Å². The second kappa shape index (κ2) is 7.74. The van der Waals surface area contributed by atoms with Gasteiger partial charge in [-0.1, -0.05) is 6.08 Å². The Labute approximate surface area is 153 Å². The van der Waals surface area contributed by atoms with E-state index in [2.05, 4.69) is 15.0 Å². The number of fused-ring (bicyclic) bond motifs is 2. The van der Waals surface area contributed by atoms with Crippen LogP contribution in [0.4, 0.5) is 9.18 Å². The number of ether oxygens (including phenoxy) is 1. The monoisotopic (exact) mass is 382 g/mol. The highest BCUT2D eigenvalue weighted by atomic mass is 19.1. The predicted octanol–water partition coefficient (Wildman–Crippen LogP) is 0.516. The summed E-state index contributed by atoms with van der Waals surface area (Å²) in [6.07, 6.45) is 2.04. The highest BCUT2D eigenvalue weighted by molar-refractivity contribution is 5.91. The van der Waals surface area contributed by atoms with Crippen LogP contribution >= 0.6 is 0 Å². The van der Waals surface area contributed by atoms with Gasteiger partial charge in [-0.3, -0.25) is 4.79 Å². The molecule has 3 amide bonds. The van der Waals surface area contributed by atoms with Gasteiger partial charge in [0.15, 0.2) is 0 Å². The molecule has 0 unspecified atom stereocenters. The van der Waals surface area contributed by atoms with Crippen LogP contribution in [0.1, 0.15) is 19.7 Å². The molecule has 1 fully saturated rings. The van der Waals surface area contributed by atoms with Crippen molar-refractivity contribution in [2.24, 2.45) is 0 Å². The van der Waals surface area contributed by atoms with Crippen LogP contribution in [0.25, 0.3) is 0 Å². The molecule has 11 heteroatoms. The number of rotatable bonds is 7. The number of urea groups is 1. The summed E-state index contributed by atoms with van der Waals surface area (Å²) in [5.74, 6) is -1.33. The molecule has 0 spiro atoms. The van der Waals surface area contributed by atoms with Crippen molar-refractivity contribution >= 4 is 17.9 Å². The number of carbonyl (C=O) groups excluding carboxylic acids is 3. The number of halogens is 1. The Morgan fingerprint density at radius 2 is 2.30 bits per heavy atom. The molecule has 0 radical (unpaired) electrons. The van der Waals surface area contributed by atoms with Gasteiger partial charge in [-0.25, -0.2) is 23.8 Å². The fourth-order valence-electron chi connectivity index (χ4n) is 3.02. The Morgan fingerprint density at radius 3 is 2.96 bits per heavy atom. The van der Waals surface area contributed by atoms with Gasteiger partial charge in [0.2, 0.25) is 11.8 Å². The third kappa shape index (κ3) is 3.77. The third-order valence-corrected chi connectivity index (χ3v) is 4.14. The van der Waals surface area contributed by atoms with Crippen molar-refractivity contribution in [3.8, 4) is 0 Å². The zero-order valence-corrected chi connectivity index (χ0v) is 14.8. The van der Waals surface area contributed by atoms with Crippen LogP contribution in [0.2, 0.25) is 0 Å². The maximum Gasteiger partial charge on any atom is 0.370 e. The minimum atomic E-state index is -2.43. The Bertz CT molecular complexity index is 752. The molecular formula is C16H19FN4O6. The average molecular weight is 382 g/mol. The van der Waals surface area contributed by atoms with Gasteiger partial charge >= 0.3 is 18.4 Å². The number of nitrogens with zero attached hydrogens (tertiary/aromatic N) is 3. The largest absolute Gasteiger partial charge is 0.462 e. The molecule has 3 heterocycles. The lowest BCUT2D eigenvalue weighted by molar-refractivity contribution is -0.223. The number of esters is 1. The van der Waals surface area contributed by atoms with Crippen LogP contribution in [0.15, 0.2) is 28.5 Å². The van der Waals surface area contributed by atoms with Gasteiger partial charge in [0.1, 0.15) is 12.3 Å². The van der Waals surface area contributed by atoms with Crippen molar-refractivity contribution in [1.29, 1.82) is 0 Å². The van der Waals surface area contributed by atoms with Crippen LogP contribution in [0, 0.1) is 0 Å². The van der Waals surface area contributed by atoms with Crippen LogP contribution in [-0.4, -0.2) is 64.4 Å². The summed E-state index contributed by atoms with van der Waals surface area (Å²) >= 11 is 0. The SMILES string of the molecule is CCOC(=O)[C@H](F)ON1C(=O)N2C[C@@H]1C=C(C)[C@H]2C(=O)NCc1ncco1. The molecule has 1 aromatic rings. The van der Waals surface area contributed by atoms with E-state index in [-0.39, 0.29) is 19.7 Å². The van der Waals surface area contributed by atoms with Crippen molar-refractivity contribution in [1.82, 2.24) is 20.3 Å². The predicted molar refractivity (Wildman–Crippen MR) is 86.2 cm³/mol. The summed E-state index contributed by atoms with van der Waals surface area (Å²) in [4.78, 5) is 46.5. The minimum Gasteiger partial charge on any atom is -0.462 e. The van der Waals surface area contributed by atoms with E-state index in [1.807, 2.05) is 0 Å². The van der Waals surface area contributed by atoms with E-state index in [1.165, 1.54) is 24.3 Å². The number of aromatic nitrogens is 1. The topological polar surface area (TPSA) is 114 Å². The molecule has 0 aliphatic carbocycles. The van der Waals surface area contributed by atoms with Gasteiger partial charge in [0.25, 0.3) is 0 Å². The Hall–Kier alpha value is -2.95. The van der Waals surface area contributed by atoms with E-state index in [9.17, 15) is 18.8 Å². The van der Waals surface area contributed by atoms with E-state index in [4.69, 9.17) is 9.25 Å². The van der Waals surface area contributed by atoms with E-state index >= 15 is 0 Å². The number of oxazole rings is 1. The highest BCUT2D eigenvalue weighted by Gasteiger charge is 2.48.